The molecule has 0 radical (unpaired) electrons. The smallest absolute Gasteiger partial charge is 0.383 e. The summed E-state index contributed by atoms with van der Waals surface area (Å²) in [5, 5.41) is 8.69. The number of carbonyl (C=O) groups excluding carboxylic acids is 1. The van der Waals surface area contributed by atoms with Gasteiger partial charge < -0.3 is 10.0 Å². The van der Waals surface area contributed by atoms with Gasteiger partial charge in [0, 0.05) is 19.5 Å². The Morgan fingerprint density at radius 3 is 2.50 bits per heavy atom. The van der Waals surface area contributed by atoms with Gasteiger partial charge in [0.1, 0.15) is 0 Å². The average Bonchev–Trinajstić information content (AvgIpc) is 2.37. The lowest BCUT2D eigenvalue weighted by atomic mass is 9.84. The maximum atomic E-state index is 13.0. The quantitative estimate of drug-likeness (QED) is 0.792. The molecule has 1 saturated heterocycles. The fraction of sp³-hybridized carbons (Fsp3) is 0.833. The van der Waals surface area contributed by atoms with Gasteiger partial charge in [0.2, 0.25) is 0 Å². The van der Waals surface area contributed by atoms with Gasteiger partial charge in [0.15, 0.2) is 0 Å². The second-order valence-electron chi connectivity index (χ2n) is 5.15. The molecular weight excluding hydrogens is 282 g/mol. The Bertz CT molecular complexity index is 376. The zero-order chi connectivity index (χ0) is 15.5. The molecule has 0 spiro atoms. The molecule has 0 aliphatic carbocycles. The van der Waals surface area contributed by atoms with Crippen molar-refractivity contribution in [1.82, 2.24) is 4.90 Å². The van der Waals surface area contributed by atoms with Crippen molar-refractivity contribution in [2.45, 2.75) is 38.5 Å². The van der Waals surface area contributed by atoms with Crippen LogP contribution in [0.4, 0.5) is 17.6 Å². The van der Waals surface area contributed by atoms with E-state index in [1.807, 2.05) is 0 Å². The SMILES string of the molecule is CC(CC(=O)O)C1CCCN(C(=O)C(F)(F)C(F)F)C1. The number of carboxylic acid groups (broad SMARTS) is 1. The fourth-order valence-electron chi connectivity index (χ4n) is 2.41. The highest BCUT2D eigenvalue weighted by Gasteiger charge is 2.51. The molecule has 2 atom stereocenters. The molecule has 20 heavy (non-hydrogen) atoms. The molecule has 1 aliphatic heterocycles. The summed E-state index contributed by atoms with van der Waals surface area (Å²) in [5.41, 5.74) is 0. The van der Waals surface area contributed by atoms with Crippen molar-refractivity contribution in [3.63, 3.8) is 0 Å². The van der Waals surface area contributed by atoms with Crippen LogP contribution < -0.4 is 0 Å². The van der Waals surface area contributed by atoms with Crippen LogP contribution in [-0.4, -0.2) is 47.3 Å². The molecule has 1 N–H and O–H groups in total. The summed E-state index contributed by atoms with van der Waals surface area (Å²) in [6, 6.07) is 0. The molecule has 2 unspecified atom stereocenters. The molecule has 0 aromatic rings. The van der Waals surface area contributed by atoms with Crippen LogP contribution in [0.15, 0.2) is 0 Å². The van der Waals surface area contributed by atoms with Crippen molar-refractivity contribution in [3.05, 3.63) is 0 Å². The zero-order valence-electron chi connectivity index (χ0n) is 11.0. The molecule has 1 heterocycles. The van der Waals surface area contributed by atoms with Gasteiger partial charge in [-0.1, -0.05) is 6.92 Å². The van der Waals surface area contributed by atoms with Crippen molar-refractivity contribution in [1.29, 1.82) is 0 Å². The minimum Gasteiger partial charge on any atom is -0.481 e. The number of likely N-dealkylation sites (tertiary alicyclic amines) is 1. The molecule has 0 aromatic carbocycles. The largest absolute Gasteiger partial charge is 0.481 e. The van der Waals surface area contributed by atoms with Gasteiger partial charge in [-0.3, -0.25) is 9.59 Å². The van der Waals surface area contributed by atoms with E-state index in [1.54, 1.807) is 6.92 Å². The van der Waals surface area contributed by atoms with Crippen molar-refractivity contribution < 1.29 is 32.3 Å². The summed E-state index contributed by atoms with van der Waals surface area (Å²) in [6.07, 6.45) is -3.18. The van der Waals surface area contributed by atoms with Gasteiger partial charge in [-0.15, -0.1) is 0 Å². The monoisotopic (exact) mass is 299 g/mol. The Morgan fingerprint density at radius 2 is 2.00 bits per heavy atom. The number of carbonyl (C=O) groups is 2. The van der Waals surface area contributed by atoms with Crippen molar-refractivity contribution >= 4 is 11.9 Å². The number of amides is 1. The third-order valence-electron chi connectivity index (χ3n) is 3.61. The zero-order valence-corrected chi connectivity index (χ0v) is 11.0. The predicted molar refractivity (Wildman–Crippen MR) is 61.7 cm³/mol. The number of aliphatic carboxylic acids is 1. The molecule has 1 rings (SSSR count). The molecule has 8 heteroatoms. The van der Waals surface area contributed by atoms with E-state index in [0.29, 0.717) is 12.8 Å². The maximum Gasteiger partial charge on any atom is 0.383 e. The van der Waals surface area contributed by atoms with Crippen molar-refractivity contribution in [3.8, 4) is 0 Å². The molecule has 116 valence electrons. The lowest BCUT2D eigenvalue weighted by molar-refractivity contribution is -0.182. The Balaban J connectivity index is 2.69. The maximum absolute atomic E-state index is 13.0. The normalized spacial score (nSPS) is 21.9. The van der Waals surface area contributed by atoms with Gasteiger partial charge in [-0.05, 0) is 24.7 Å². The van der Waals surface area contributed by atoms with Crippen LogP contribution in [0.25, 0.3) is 0 Å². The predicted octanol–water partition coefficient (Wildman–Crippen LogP) is 2.24. The standard InChI is InChI=1S/C12H17F4NO3/c1-7(5-9(18)19)8-3-2-4-17(6-8)11(20)12(15,16)10(13)14/h7-8,10H,2-6H2,1H3,(H,18,19). The third kappa shape index (κ3) is 3.83. The van der Waals surface area contributed by atoms with Crippen LogP contribution in [0, 0.1) is 11.8 Å². The van der Waals surface area contributed by atoms with Crippen molar-refractivity contribution in [2.75, 3.05) is 13.1 Å². The first kappa shape index (κ1) is 16.7. The van der Waals surface area contributed by atoms with Crippen LogP contribution in [0.1, 0.15) is 26.2 Å². The Hall–Kier alpha value is -1.34. The van der Waals surface area contributed by atoms with E-state index < -0.39 is 24.2 Å². The molecule has 4 nitrogen and oxygen atoms in total. The van der Waals surface area contributed by atoms with E-state index in [2.05, 4.69) is 0 Å². The first-order valence-electron chi connectivity index (χ1n) is 6.33. The Labute approximate surface area is 113 Å². The highest BCUT2D eigenvalue weighted by atomic mass is 19.3. The fourth-order valence-corrected chi connectivity index (χ4v) is 2.41. The number of carboxylic acids is 1. The van der Waals surface area contributed by atoms with E-state index in [-0.39, 0.29) is 31.3 Å². The third-order valence-corrected chi connectivity index (χ3v) is 3.61. The molecule has 0 bridgehead atoms. The van der Waals surface area contributed by atoms with Crippen LogP contribution in [0.3, 0.4) is 0 Å². The topological polar surface area (TPSA) is 57.6 Å². The number of halogens is 4. The number of alkyl halides is 4. The number of nitrogens with zero attached hydrogens (tertiary/aromatic N) is 1. The average molecular weight is 299 g/mol. The molecule has 1 fully saturated rings. The second kappa shape index (κ2) is 6.41. The van der Waals surface area contributed by atoms with E-state index in [9.17, 15) is 27.2 Å². The summed E-state index contributed by atoms with van der Waals surface area (Å²) in [5.74, 6) is -8.14. The van der Waals surface area contributed by atoms with Crippen LogP contribution in [-0.2, 0) is 9.59 Å². The van der Waals surface area contributed by atoms with E-state index >= 15 is 0 Å². The summed E-state index contributed by atoms with van der Waals surface area (Å²) in [6.45, 7) is 1.55. The summed E-state index contributed by atoms with van der Waals surface area (Å²) < 4.78 is 50.4. The second-order valence-corrected chi connectivity index (χ2v) is 5.15. The number of hydrogen-bond acceptors (Lipinski definition) is 2. The molecule has 0 aromatic heterocycles. The summed E-state index contributed by atoms with van der Waals surface area (Å²) in [7, 11) is 0. The summed E-state index contributed by atoms with van der Waals surface area (Å²) >= 11 is 0. The van der Waals surface area contributed by atoms with Gasteiger partial charge >= 0.3 is 18.3 Å². The van der Waals surface area contributed by atoms with E-state index in [1.165, 1.54) is 0 Å². The lowest BCUT2D eigenvalue weighted by Gasteiger charge is -2.36. The number of piperidine rings is 1. The molecule has 1 amide bonds. The van der Waals surface area contributed by atoms with Gasteiger partial charge in [0.25, 0.3) is 5.91 Å². The number of hydrogen-bond donors (Lipinski definition) is 1. The van der Waals surface area contributed by atoms with E-state index in [4.69, 9.17) is 5.11 Å². The van der Waals surface area contributed by atoms with Crippen molar-refractivity contribution in [2.24, 2.45) is 11.8 Å². The first-order chi connectivity index (χ1) is 9.16. The molecular formula is C12H17F4NO3. The Morgan fingerprint density at radius 1 is 1.40 bits per heavy atom. The van der Waals surface area contributed by atoms with Gasteiger partial charge in [0.05, 0.1) is 0 Å². The van der Waals surface area contributed by atoms with Gasteiger partial charge in [-0.25, -0.2) is 8.78 Å². The first-order valence-corrected chi connectivity index (χ1v) is 6.33. The van der Waals surface area contributed by atoms with Crippen LogP contribution >= 0.6 is 0 Å². The van der Waals surface area contributed by atoms with Crippen LogP contribution in [0.2, 0.25) is 0 Å². The minimum atomic E-state index is -4.68. The highest BCUT2D eigenvalue weighted by Crippen LogP contribution is 2.31. The minimum absolute atomic E-state index is 0.00254. The summed E-state index contributed by atoms with van der Waals surface area (Å²) in [4.78, 5) is 22.8. The number of rotatable bonds is 5. The van der Waals surface area contributed by atoms with Crippen LogP contribution in [0.5, 0.6) is 0 Å². The highest BCUT2D eigenvalue weighted by molar-refractivity contribution is 5.84. The molecule has 1 aliphatic rings. The van der Waals surface area contributed by atoms with E-state index in [0.717, 1.165) is 4.90 Å². The molecule has 0 saturated carbocycles. The lowest BCUT2D eigenvalue weighted by Crippen LogP contribution is -2.51. The Kier molecular flexibility index (Phi) is 5.35. The van der Waals surface area contributed by atoms with Gasteiger partial charge in [-0.2, -0.15) is 8.78 Å².